The average molecular weight is 1810 g/mol. The van der Waals surface area contributed by atoms with E-state index in [1.54, 1.807) is 27.7 Å². The van der Waals surface area contributed by atoms with Gasteiger partial charge < -0.3 is 135 Å². The van der Waals surface area contributed by atoms with E-state index in [-0.39, 0.29) is 113 Å². The van der Waals surface area contributed by atoms with Gasteiger partial charge in [0.05, 0.1) is 18.9 Å². The molecule has 3 rings (SSSR count). The van der Waals surface area contributed by atoms with Crippen LogP contribution in [0.1, 0.15) is 163 Å². The first-order valence-corrected chi connectivity index (χ1v) is 41.5. The minimum atomic E-state index is -1.99. The first-order chi connectivity index (χ1) is 59.9. The molecule has 3 aromatic rings. The smallest absolute Gasteiger partial charge is 0.245 e. The van der Waals surface area contributed by atoms with E-state index in [4.69, 9.17) is 50.6 Å². The number of rotatable bonds is 57. The van der Waals surface area contributed by atoms with Gasteiger partial charge in [0.25, 0.3) is 0 Å². The summed E-state index contributed by atoms with van der Waals surface area (Å²) in [6, 6.07) is -14.7. The van der Waals surface area contributed by atoms with Gasteiger partial charge >= 0.3 is 0 Å². The van der Waals surface area contributed by atoms with E-state index in [1.807, 2.05) is 13.8 Å². The summed E-state index contributed by atoms with van der Waals surface area (Å²) in [4.78, 5) is 231. The molecule has 48 heteroatoms. The number of hydrogen-bond donors (Lipinski definition) is 28. The van der Waals surface area contributed by atoms with Crippen LogP contribution in [-0.2, 0) is 96.0 Å². The molecule has 0 aliphatic heterocycles. The van der Waals surface area contributed by atoms with Crippen LogP contribution in [0.25, 0.3) is 0 Å². The molecule has 0 spiro atoms. The van der Waals surface area contributed by atoms with Crippen molar-refractivity contribution in [1.82, 2.24) is 95.0 Å². The van der Waals surface area contributed by atoms with Crippen LogP contribution in [0.2, 0.25) is 0 Å². The average Bonchev–Trinajstić information content (AvgIpc) is 0.864. The van der Waals surface area contributed by atoms with E-state index < -0.39 is 252 Å². The third-order valence-corrected chi connectivity index (χ3v) is 19.4. The van der Waals surface area contributed by atoms with Crippen LogP contribution in [-0.4, -0.2) is 237 Å². The molecule has 0 unspecified atom stereocenters. The van der Waals surface area contributed by atoms with Gasteiger partial charge in [-0.3, -0.25) is 92.9 Å². The van der Waals surface area contributed by atoms with Crippen LogP contribution < -0.4 is 119 Å². The molecule has 16 amide bonds. The molecular weight excluding hydrogens is 1680 g/mol. The number of halogens is 3. The third-order valence-electron chi connectivity index (χ3n) is 19.4. The van der Waals surface area contributed by atoms with Gasteiger partial charge in [0.15, 0.2) is 35.3 Å². The molecule has 0 aliphatic carbocycles. The maximum absolute atomic E-state index is 14.9. The van der Waals surface area contributed by atoms with Crippen LogP contribution in [0, 0.1) is 57.4 Å². The summed E-state index contributed by atoms with van der Waals surface area (Å²) >= 11 is 0. The van der Waals surface area contributed by atoms with Crippen molar-refractivity contribution < 1.29 is 100 Å². The van der Waals surface area contributed by atoms with Crippen molar-refractivity contribution >= 4 is 112 Å². The number of aromatic hydroxyl groups is 1. The van der Waals surface area contributed by atoms with Gasteiger partial charge in [-0.15, -0.1) is 0 Å². The predicted molar refractivity (Wildman–Crippen MR) is 459 cm³/mol. The third kappa shape index (κ3) is 40.7. The van der Waals surface area contributed by atoms with Crippen molar-refractivity contribution in [3.05, 3.63) is 83.2 Å². The fourth-order valence-corrected chi connectivity index (χ4v) is 13.0. The molecule has 1 aromatic heterocycles. The highest BCUT2D eigenvalue weighted by molar-refractivity contribution is 6.01. The zero-order chi connectivity index (χ0) is 96.5. The number of carbonyl (C=O) groups excluding carboxylic acids is 16. The Bertz CT molecular complexity index is 4310. The molecular formula is C80H126F3N27O18. The molecule has 0 fully saturated rings. The van der Waals surface area contributed by atoms with E-state index >= 15 is 0 Å². The maximum atomic E-state index is 14.9. The highest BCUT2D eigenvalue weighted by atomic mass is 19.2. The number of benzene rings is 2. The molecule has 0 saturated heterocycles. The number of H-pyrrole nitrogens is 1. The number of aliphatic hydroxyl groups is 1. The van der Waals surface area contributed by atoms with Gasteiger partial charge in [0, 0.05) is 64.1 Å². The molecule has 45 nitrogen and oxygen atoms in total. The van der Waals surface area contributed by atoms with E-state index in [1.165, 1.54) is 57.6 Å². The number of aromatic amines is 1. The number of aromatic nitrogens is 2. The SMILES string of the molecule is CC(=O)N[C@@H](CC(C)C)C(=O)N[C@@H](CCCNC(=N)N)C(=O)N[C@@H](Cc1cnc[nH]1)C(=O)N[C@@H](Cc1ccc(O)cc1)C(=O)N[C@@H](CC(C)C)C(=O)N[C@@H](CC(N)=O)C(=O)N[C@@H](CC(C)C)C(=O)N[C@H](C(=O)N[C@H](C(=O)N[C@@H](CCCNC(=N)N)C(=O)N[C@@H](CCC(N)=O)C(=O)N[C@@H](CCCNC(=N)N)C(=O)N[C@@H](Cc1cc(F)c(F)c(F)c1)C(N)=O)[C@@H](C)O)C(C)C. The van der Waals surface area contributed by atoms with Crippen LogP contribution >= 0.6 is 0 Å². The van der Waals surface area contributed by atoms with Crippen molar-refractivity contribution in [1.29, 1.82) is 16.2 Å². The molecule has 2 aromatic carbocycles. The number of nitrogens with one attached hydrogen (secondary N) is 20. The van der Waals surface area contributed by atoms with Gasteiger partial charge in [0.1, 0.15) is 84.3 Å². The Balaban J connectivity index is 2.01. The van der Waals surface area contributed by atoms with Crippen LogP contribution in [0.15, 0.2) is 48.9 Å². The summed E-state index contributed by atoms with van der Waals surface area (Å²) < 4.78 is 42.3. The highest BCUT2D eigenvalue weighted by Gasteiger charge is 2.40. The monoisotopic (exact) mass is 1810 g/mol. The topological polar surface area (TPSA) is 762 Å². The number of phenols is 1. The van der Waals surface area contributed by atoms with Crippen LogP contribution in [0.5, 0.6) is 5.75 Å². The molecule has 14 atom stereocenters. The highest BCUT2D eigenvalue weighted by Crippen LogP contribution is 2.19. The Kier molecular flexibility index (Phi) is 46.2. The number of amides is 16. The number of phenolic OH excluding ortho intramolecular Hbond substituents is 1. The summed E-state index contributed by atoms with van der Waals surface area (Å²) in [5.41, 5.74) is 33.4. The second kappa shape index (κ2) is 54.4. The van der Waals surface area contributed by atoms with Gasteiger partial charge in [-0.05, 0) is 130 Å². The molecule has 0 radical (unpaired) electrons. The zero-order valence-corrected chi connectivity index (χ0v) is 73.2. The molecule has 0 saturated carbocycles. The largest absolute Gasteiger partial charge is 0.508 e. The number of nitrogens with zero attached hydrogens (tertiary/aromatic N) is 1. The number of hydrogen-bond acceptors (Lipinski definition) is 22. The number of carbonyl (C=O) groups is 16. The fraction of sp³-hybridized carbons (Fsp3) is 0.575. The Morgan fingerprint density at radius 2 is 0.742 bits per heavy atom. The summed E-state index contributed by atoms with van der Waals surface area (Å²) in [6.07, 6.45) is -3.55. The van der Waals surface area contributed by atoms with Crippen molar-refractivity contribution in [2.75, 3.05) is 19.6 Å². The van der Waals surface area contributed by atoms with Gasteiger partial charge in [0.2, 0.25) is 94.5 Å². The number of imidazole rings is 1. The van der Waals surface area contributed by atoms with Gasteiger partial charge in [-0.25, -0.2) is 18.2 Å². The van der Waals surface area contributed by atoms with Gasteiger partial charge in [-0.1, -0.05) is 67.5 Å². The lowest BCUT2D eigenvalue weighted by atomic mass is 9.98. The predicted octanol–water partition coefficient (Wildman–Crippen LogP) is -5.53. The molecule has 34 N–H and O–H groups in total. The Hall–Kier alpha value is -13.5. The Morgan fingerprint density at radius 1 is 0.406 bits per heavy atom. The fourth-order valence-electron chi connectivity index (χ4n) is 13.0. The number of nitrogens with two attached hydrogens (primary N) is 6. The zero-order valence-electron chi connectivity index (χ0n) is 73.2. The Morgan fingerprint density at radius 3 is 1.12 bits per heavy atom. The number of aliphatic hydroxyl groups excluding tert-OH is 1. The molecule has 0 bridgehead atoms. The first kappa shape index (κ1) is 109. The number of guanidine groups is 3. The summed E-state index contributed by atoms with van der Waals surface area (Å²) in [5.74, 6) is -25.2. The lowest BCUT2D eigenvalue weighted by molar-refractivity contribution is -0.138. The summed E-state index contributed by atoms with van der Waals surface area (Å²) in [7, 11) is 0. The van der Waals surface area contributed by atoms with Crippen molar-refractivity contribution in [3.63, 3.8) is 0 Å². The normalized spacial score (nSPS) is 14.5. The van der Waals surface area contributed by atoms with E-state index in [2.05, 4.69) is 95.0 Å². The minimum Gasteiger partial charge on any atom is -0.508 e. The van der Waals surface area contributed by atoms with Crippen LogP contribution in [0.4, 0.5) is 13.2 Å². The minimum absolute atomic E-state index is 0.0502. The standard InChI is InChI=1S/C80H126F3N27O18/c1-37(2)26-54(98-42(10)112)70(121)100-50(15-12-24-95-79(89)90)68(119)107-58(33-45-35-93-36-97-45)73(124)106-57(31-43-17-19-46(113)20-18-43)72(123)104-55(27-38(3)4)71(122)108-59(34-61(85)115)74(125)105-56(28-39(5)6)75(126)109-63(40(7)8)76(127)110-64(41(9)111)77(128)102-51(16-13-25-96-80(91)92)66(117)101-52(21-22-60(84)114)69(120)99-49(14-11-23-94-78(87)88)67(118)103-53(65(86)116)32-44-29-47(81)62(83)48(82)30-44/h17-20,29-30,35-41,49-59,63-64,111,113H,11-16,21-28,31-34H2,1-10H3,(H2,84,114)(H2,85,115)(H2,86,116)(H,93,97)(H,98,112)(H,99,120)(H,100,121)(H,101,117)(H,102,128)(H,103,118)(H,104,123)(H,105,125)(H,106,124)(H,107,119)(H,108,122)(H,109,126)(H,110,127)(H4,87,88,94)(H4,89,90,95)(H4,91,92,96)/t41-,49+,50+,51+,52+,53+,54+,55+,56+,57+,58+,59+,63+,64+/m1/s1. The molecule has 1 heterocycles. The second-order valence-corrected chi connectivity index (χ2v) is 32.5. The molecule has 128 heavy (non-hydrogen) atoms. The van der Waals surface area contributed by atoms with E-state index in [0.29, 0.717) is 23.4 Å². The lowest BCUT2D eigenvalue weighted by Gasteiger charge is -2.30. The van der Waals surface area contributed by atoms with E-state index in [9.17, 15) is 100 Å². The molecule has 710 valence electrons. The quantitative estimate of drug-likeness (QED) is 0.0108. The number of primary amides is 3. The summed E-state index contributed by atoms with van der Waals surface area (Å²) in [6.45, 7) is 15.4. The van der Waals surface area contributed by atoms with Crippen LogP contribution in [0.3, 0.4) is 0 Å². The molecule has 0 aliphatic rings. The lowest BCUT2D eigenvalue weighted by Crippen LogP contribution is -2.63. The van der Waals surface area contributed by atoms with E-state index in [0.717, 1.165) is 6.92 Å². The Labute approximate surface area is 737 Å². The first-order valence-electron chi connectivity index (χ1n) is 41.5. The summed E-state index contributed by atoms with van der Waals surface area (Å²) in [5, 5.41) is 84.3. The van der Waals surface area contributed by atoms with Crippen molar-refractivity contribution in [2.45, 2.75) is 250 Å². The van der Waals surface area contributed by atoms with Crippen molar-refractivity contribution in [3.8, 4) is 5.75 Å². The van der Waals surface area contributed by atoms with Gasteiger partial charge in [-0.2, -0.15) is 0 Å². The second-order valence-electron chi connectivity index (χ2n) is 32.5. The maximum Gasteiger partial charge on any atom is 0.245 e. The van der Waals surface area contributed by atoms with Crippen molar-refractivity contribution in [2.24, 2.45) is 58.1 Å².